The van der Waals surface area contributed by atoms with E-state index in [0.717, 1.165) is 38.5 Å². The first-order chi connectivity index (χ1) is 12.0. The second-order valence-electron chi connectivity index (χ2n) is 6.69. The Hall–Kier alpha value is -1.40. The minimum atomic E-state index is -0.750. The summed E-state index contributed by atoms with van der Waals surface area (Å²) in [4.78, 5) is 24.6. The van der Waals surface area contributed by atoms with Crippen molar-refractivity contribution < 1.29 is 24.5 Å². The van der Waals surface area contributed by atoms with Crippen molar-refractivity contribution in [3.05, 3.63) is 12.2 Å². The molecule has 0 radical (unpaired) electrons. The predicted molar refractivity (Wildman–Crippen MR) is 96.3 cm³/mol. The summed E-state index contributed by atoms with van der Waals surface area (Å²) in [5.74, 6) is -0.569. The topological polar surface area (TPSA) is 87.1 Å². The van der Waals surface area contributed by atoms with Gasteiger partial charge in [0.2, 0.25) is 5.91 Å². The van der Waals surface area contributed by atoms with Crippen LogP contribution in [0.4, 0.5) is 0 Å². The molecule has 1 aliphatic rings. The van der Waals surface area contributed by atoms with Crippen LogP contribution in [-0.2, 0) is 14.3 Å². The van der Waals surface area contributed by atoms with Gasteiger partial charge in [-0.2, -0.15) is 0 Å². The van der Waals surface area contributed by atoms with E-state index < -0.39 is 12.1 Å². The van der Waals surface area contributed by atoms with Crippen LogP contribution in [0.25, 0.3) is 0 Å². The molecule has 1 unspecified atom stereocenters. The maximum Gasteiger partial charge on any atom is 0.303 e. The van der Waals surface area contributed by atoms with Gasteiger partial charge in [-0.25, -0.2) is 0 Å². The van der Waals surface area contributed by atoms with E-state index in [2.05, 4.69) is 0 Å². The molecule has 144 valence electrons. The van der Waals surface area contributed by atoms with Gasteiger partial charge in [-0.15, -0.1) is 0 Å². The van der Waals surface area contributed by atoms with Crippen LogP contribution >= 0.6 is 0 Å². The number of carboxylic acid groups (broad SMARTS) is 1. The Kier molecular flexibility index (Phi) is 11.2. The number of methoxy groups -OCH3 is 1. The van der Waals surface area contributed by atoms with Crippen molar-refractivity contribution in [1.29, 1.82) is 0 Å². The number of unbranched alkanes of at least 4 members (excludes halogenated alkanes) is 3. The molecule has 6 nitrogen and oxygen atoms in total. The Balaban J connectivity index is 2.36. The molecular formula is C19H33NO5. The molecule has 0 aromatic carbocycles. The molecule has 2 N–H and O–H groups in total. The number of aliphatic carboxylic acids is 1. The fourth-order valence-corrected chi connectivity index (χ4v) is 3.14. The minimum Gasteiger partial charge on any atom is -0.481 e. The Morgan fingerprint density at radius 3 is 2.80 bits per heavy atom. The first-order valence-corrected chi connectivity index (χ1v) is 9.41. The number of carbonyl (C=O) groups excluding carboxylic acids is 1. The zero-order valence-corrected chi connectivity index (χ0v) is 15.4. The van der Waals surface area contributed by atoms with Gasteiger partial charge >= 0.3 is 5.97 Å². The average Bonchev–Trinajstić information content (AvgIpc) is 2.57. The van der Waals surface area contributed by atoms with E-state index >= 15 is 0 Å². The third-order valence-corrected chi connectivity index (χ3v) is 4.55. The van der Waals surface area contributed by atoms with Crippen molar-refractivity contribution in [2.24, 2.45) is 0 Å². The standard InChI is InChI=1S/C19H33NO5/c1-25-15-7-9-17(21)13-12-16-8-6-10-18(22)20(16)14-5-3-2-4-11-19(23)24/h12-13,16-17,21H,2-11,14-15H2,1H3,(H,23,24)/t16-,17?/m1/s1. The number of aliphatic hydroxyl groups excluding tert-OH is 1. The molecule has 0 spiro atoms. The molecule has 0 bridgehead atoms. The molecule has 2 atom stereocenters. The smallest absolute Gasteiger partial charge is 0.303 e. The third-order valence-electron chi connectivity index (χ3n) is 4.55. The molecule has 0 saturated carbocycles. The quantitative estimate of drug-likeness (QED) is 0.392. The summed E-state index contributed by atoms with van der Waals surface area (Å²) in [5, 5.41) is 18.6. The number of carbonyl (C=O) groups is 2. The van der Waals surface area contributed by atoms with Crippen LogP contribution < -0.4 is 0 Å². The number of carboxylic acids is 1. The van der Waals surface area contributed by atoms with Crippen molar-refractivity contribution >= 4 is 11.9 Å². The van der Waals surface area contributed by atoms with E-state index in [1.54, 1.807) is 13.2 Å². The highest BCUT2D eigenvalue weighted by molar-refractivity contribution is 5.77. The van der Waals surface area contributed by atoms with E-state index in [-0.39, 0.29) is 18.4 Å². The van der Waals surface area contributed by atoms with Crippen LogP contribution in [0.5, 0.6) is 0 Å². The molecule has 1 heterocycles. The molecule has 0 aliphatic carbocycles. The molecule has 1 aliphatic heterocycles. The molecule has 1 saturated heterocycles. The van der Waals surface area contributed by atoms with Gasteiger partial charge < -0.3 is 19.8 Å². The van der Waals surface area contributed by atoms with Crippen molar-refractivity contribution in [3.63, 3.8) is 0 Å². The fourth-order valence-electron chi connectivity index (χ4n) is 3.14. The Morgan fingerprint density at radius 1 is 1.32 bits per heavy atom. The molecule has 1 amide bonds. The van der Waals surface area contributed by atoms with Crippen molar-refractivity contribution in [3.8, 4) is 0 Å². The Labute approximate surface area is 150 Å². The van der Waals surface area contributed by atoms with Gasteiger partial charge in [-0.3, -0.25) is 9.59 Å². The number of hydrogen-bond acceptors (Lipinski definition) is 4. The summed E-state index contributed by atoms with van der Waals surface area (Å²) in [6.45, 7) is 1.35. The van der Waals surface area contributed by atoms with Gasteiger partial charge in [0.15, 0.2) is 0 Å². The largest absolute Gasteiger partial charge is 0.481 e. The fraction of sp³-hybridized carbons (Fsp3) is 0.789. The second-order valence-corrected chi connectivity index (χ2v) is 6.69. The number of nitrogens with zero attached hydrogens (tertiary/aromatic N) is 1. The van der Waals surface area contributed by atoms with E-state index in [0.29, 0.717) is 32.4 Å². The molecule has 1 fully saturated rings. The molecule has 0 aromatic rings. The number of amides is 1. The summed E-state index contributed by atoms with van der Waals surface area (Å²) in [6.07, 6.45) is 10.8. The van der Waals surface area contributed by atoms with Gasteiger partial charge in [0, 0.05) is 33.1 Å². The summed E-state index contributed by atoms with van der Waals surface area (Å²) in [7, 11) is 1.65. The number of rotatable bonds is 13. The lowest BCUT2D eigenvalue weighted by Gasteiger charge is -2.34. The van der Waals surface area contributed by atoms with Crippen LogP contribution in [0.2, 0.25) is 0 Å². The van der Waals surface area contributed by atoms with Gasteiger partial charge in [0.05, 0.1) is 12.1 Å². The normalized spacial score (nSPS) is 19.5. The average molecular weight is 355 g/mol. The number of hydrogen-bond donors (Lipinski definition) is 2. The van der Waals surface area contributed by atoms with Crippen LogP contribution in [0.1, 0.15) is 64.2 Å². The van der Waals surface area contributed by atoms with Crippen LogP contribution in [0.15, 0.2) is 12.2 Å². The van der Waals surface area contributed by atoms with Gasteiger partial charge in [0.1, 0.15) is 0 Å². The lowest BCUT2D eigenvalue weighted by atomic mass is 9.99. The van der Waals surface area contributed by atoms with Crippen LogP contribution in [0.3, 0.4) is 0 Å². The highest BCUT2D eigenvalue weighted by atomic mass is 16.5. The molecule has 6 heteroatoms. The van der Waals surface area contributed by atoms with E-state index in [1.165, 1.54) is 0 Å². The Bertz CT molecular complexity index is 424. The highest BCUT2D eigenvalue weighted by Crippen LogP contribution is 2.21. The van der Waals surface area contributed by atoms with Gasteiger partial charge in [-0.1, -0.05) is 25.0 Å². The molecule has 1 rings (SSSR count). The monoisotopic (exact) mass is 355 g/mol. The number of ether oxygens (including phenoxy) is 1. The molecule has 0 aromatic heterocycles. The second kappa shape index (κ2) is 12.9. The van der Waals surface area contributed by atoms with Crippen molar-refractivity contribution in [2.45, 2.75) is 76.4 Å². The number of piperidine rings is 1. The zero-order chi connectivity index (χ0) is 18.5. The lowest BCUT2D eigenvalue weighted by molar-refractivity contribution is -0.137. The number of likely N-dealkylation sites (tertiary alicyclic amines) is 1. The maximum atomic E-state index is 12.2. The first-order valence-electron chi connectivity index (χ1n) is 9.41. The van der Waals surface area contributed by atoms with E-state index in [4.69, 9.17) is 9.84 Å². The highest BCUT2D eigenvalue weighted by Gasteiger charge is 2.25. The summed E-state index contributed by atoms with van der Waals surface area (Å²) in [5.41, 5.74) is 0. The summed E-state index contributed by atoms with van der Waals surface area (Å²) >= 11 is 0. The molecule has 25 heavy (non-hydrogen) atoms. The van der Waals surface area contributed by atoms with Gasteiger partial charge in [0.25, 0.3) is 0 Å². The summed E-state index contributed by atoms with van der Waals surface area (Å²) < 4.78 is 4.98. The lowest BCUT2D eigenvalue weighted by Crippen LogP contribution is -2.43. The van der Waals surface area contributed by atoms with Crippen LogP contribution in [-0.4, -0.2) is 59.4 Å². The predicted octanol–water partition coefficient (Wildman–Crippen LogP) is 2.75. The molecular weight excluding hydrogens is 322 g/mol. The first kappa shape index (κ1) is 21.6. The maximum absolute atomic E-state index is 12.2. The number of aliphatic hydroxyl groups is 1. The van der Waals surface area contributed by atoms with E-state index in [9.17, 15) is 14.7 Å². The van der Waals surface area contributed by atoms with Crippen LogP contribution in [0, 0.1) is 0 Å². The third kappa shape index (κ3) is 9.60. The summed E-state index contributed by atoms with van der Waals surface area (Å²) in [6, 6.07) is 0.0670. The zero-order valence-electron chi connectivity index (χ0n) is 15.4. The van der Waals surface area contributed by atoms with Crippen molar-refractivity contribution in [2.75, 3.05) is 20.3 Å². The van der Waals surface area contributed by atoms with Crippen molar-refractivity contribution in [1.82, 2.24) is 4.90 Å². The minimum absolute atomic E-state index is 0.0670. The Morgan fingerprint density at radius 2 is 2.08 bits per heavy atom. The van der Waals surface area contributed by atoms with E-state index in [1.807, 2.05) is 11.0 Å². The SMILES string of the molecule is COCCCC(O)C=C[C@H]1CCCC(=O)N1CCCCCCC(=O)O. The van der Waals surface area contributed by atoms with Gasteiger partial charge in [-0.05, 0) is 38.5 Å².